The summed E-state index contributed by atoms with van der Waals surface area (Å²) in [5, 5.41) is 8.73. The number of likely N-dealkylation sites (tertiary alicyclic amines) is 1. The van der Waals surface area contributed by atoms with Gasteiger partial charge in [-0.15, -0.1) is 0 Å². The Hall–Kier alpha value is -3.19. The molecule has 0 bridgehead atoms. The van der Waals surface area contributed by atoms with E-state index in [1.165, 1.54) is 0 Å². The summed E-state index contributed by atoms with van der Waals surface area (Å²) in [4.78, 5) is 38.4. The van der Waals surface area contributed by atoms with Gasteiger partial charge in [0.05, 0.1) is 6.54 Å². The van der Waals surface area contributed by atoms with E-state index < -0.39 is 0 Å². The number of nitrogens with zero attached hydrogens (tertiary/aromatic N) is 1. The van der Waals surface area contributed by atoms with E-state index in [1.54, 1.807) is 31.2 Å². The lowest BCUT2D eigenvalue weighted by Crippen LogP contribution is -2.46. The number of benzene rings is 2. The summed E-state index contributed by atoms with van der Waals surface area (Å²) in [6, 6.07) is 16.4. The summed E-state index contributed by atoms with van der Waals surface area (Å²) >= 11 is 0. The van der Waals surface area contributed by atoms with Crippen LogP contribution in [0.25, 0.3) is 0 Å². The molecule has 3 N–H and O–H groups in total. The first-order chi connectivity index (χ1) is 14.5. The highest BCUT2D eigenvalue weighted by atomic mass is 16.2. The monoisotopic (exact) mass is 408 g/mol. The molecule has 1 saturated heterocycles. The van der Waals surface area contributed by atoms with Crippen LogP contribution in [0.3, 0.4) is 0 Å². The molecule has 0 unspecified atom stereocenters. The van der Waals surface area contributed by atoms with Crippen molar-refractivity contribution in [1.82, 2.24) is 10.2 Å². The van der Waals surface area contributed by atoms with E-state index in [2.05, 4.69) is 20.9 Å². The van der Waals surface area contributed by atoms with Gasteiger partial charge >= 0.3 is 0 Å². The summed E-state index contributed by atoms with van der Waals surface area (Å²) in [6.45, 7) is 3.62. The van der Waals surface area contributed by atoms with E-state index in [0.29, 0.717) is 24.2 Å². The van der Waals surface area contributed by atoms with Crippen LogP contribution in [0.2, 0.25) is 0 Å². The maximum Gasteiger partial charge on any atom is 0.251 e. The van der Waals surface area contributed by atoms with Crippen LogP contribution >= 0.6 is 0 Å². The highest BCUT2D eigenvalue weighted by molar-refractivity contribution is 5.97. The average Bonchev–Trinajstić information content (AvgIpc) is 2.76. The lowest BCUT2D eigenvalue weighted by Gasteiger charge is -2.31. The largest absolute Gasteiger partial charge is 0.349 e. The summed E-state index contributed by atoms with van der Waals surface area (Å²) in [7, 11) is 0. The minimum Gasteiger partial charge on any atom is -0.349 e. The molecule has 7 nitrogen and oxygen atoms in total. The fourth-order valence-corrected chi connectivity index (χ4v) is 3.42. The topological polar surface area (TPSA) is 90.5 Å². The van der Waals surface area contributed by atoms with E-state index >= 15 is 0 Å². The van der Waals surface area contributed by atoms with Crippen LogP contribution in [0.1, 0.15) is 36.5 Å². The first-order valence-electron chi connectivity index (χ1n) is 10.3. The molecule has 30 heavy (non-hydrogen) atoms. The summed E-state index contributed by atoms with van der Waals surface area (Å²) < 4.78 is 0. The van der Waals surface area contributed by atoms with Gasteiger partial charge in [-0.25, -0.2) is 0 Å². The molecule has 0 saturated carbocycles. The van der Waals surface area contributed by atoms with Crippen LogP contribution in [0, 0.1) is 0 Å². The van der Waals surface area contributed by atoms with Gasteiger partial charge in [-0.2, -0.15) is 0 Å². The third-order valence-corrected chi connectivity index (χ3v) is 5.08. The third-order valence-electron chi connectivity index (χ3n) is 5.08. The lowest BCUT2D eigenvalue weighted by atomic mass is 10.0. The van der Waals surface area contributed by atoms with Crippen molar-refractivity contribution in [2.75, 3.05) is 30.3 Å². The SMILES string of the molecule is CCC(=O)Nc1cccc(C(=O)NC2CCN(CC(=O)Nc3ccccc3)CC2)c1. The van der Waals surface area contributed by atoms with Crippen LogP contribution in [-0.2, 0) is 9.59 Å². The Morgan fingerprint density at radius 2 is 1.57 bits per heavy atom. The normalized spacial score (nSPS) is 14.7. The van der Waals surface area contributed by atoms with Gasteiger partial charge in [0.1, 0.15) is 0 Å². The van der Waals surface area contributed by atoms with Gasteiger partial charge in [-0.1, -0.05) is 31.2 Å². The number of rotatable bonds is 7. The first kappa shape index (κ1) is 21.5. The molecule has 158 valence electrons. The molecule has 0 spiro atoms. The third kappa shape index (κ3) is 6.42. The van der Waals surface area contributed by atoms with E-state index in [-0.39, 0.29) is 23.8 Å². The van der Waals surface area contributed by atoms with Gasteiger partial charge in [0.15, 0.2) is 0 Å². The van der Waals surface area contributed by atoms with E-state index in [9.17, 15) is 14.4 Å². The maximum absolute atomic E-state index is 12.6. The molecular weight excluding hydrogens is 380 g/mol. The van der Waals surface area contributed by atoms with Crippen molar-refractivity contribution in [3.63, 3.8) is 0 Å². The Bertz CT molecular complexity index is 877. The molecule has 0 atom stereocenters. The van der Waals surface area contributed by atoms with Gasteiger partial charge in [0.2, 0.25) is 11.8 Å². The molecule has 1 heterocycles. The first-order valence-corrected chi connectivity index (χ1v) is 10.3. The molecule has 2 aromatic rings. The Labute approximate surface area is 176 Å². The molecule has 7 heteroatoms. The van der Waals surface area contributed by atoms with Crippen LogP contribution in [0.15, 0.2) is 54.6 Å². The fourth-order valence-electron chi connectivity index (χ4n) is 3.42. The molecule has 3 rings (SSSR count). The molecule has 1 fully saturated rings. The number of carbonyl (C=O) groups excluding carboxylic acids is 3. The van der Waals surface area contributed by atoms with Crippen molar-refractivity contribution >= 4 is 29.1 Å². The van der Waals surface area contributed by atoms with Crippen molar-refractivity contribution in [1.29, 1.82) is 0 Å². The van der Waals surface area contributed by atoms with Crippen molar-refractivity contribution in [2.45, 2.75) is 32.2 Å². The Morgan fingerprint density at radius 3 is 2.27 bits per heavy atom. The van der Waals surface area contributed by atoms with Gasteiger partial charge < -0.3 is 16.0 Å². The molecular formula is C23H28N4O3. The maximum atomic E-state index is 12.6. The second kappa shape index (κ2) is 10.5. The van der Waals surface area contributed by atoms with Gasteiger partial charge in [-0.3, -0.25) is 19.3 Å². The molecule has 0 aliphatic carbocycles. The second-order valence-electron chi connectivity index (χ2n) is 7.42. The molecule has 2 aromatic carbocycles. The van der Waals surface area contributed by atoms with Crippen LogP contribution < -0.4 is 16.0 Å². The van der Waals surface area contributed by atoms with Gasteiger partial charge in [-0.05, 0) is 43.2 Å². The van der Waals surface area contributed by atoms with Crippen molar-refractivity contribution < 1.29 is 14.4 Å². The highest BCUT2D eigenvalue weighted by Gasteiger charge is 2.22. The highest BCUT2D eigenvalue weighted by Crippen LogP contribution is 2.14. The van der Waals surface area contributed by atoms with E-state index in [0.717, 1.165) is 31.6 Å². The van der Waals surface area contributed by atoms with Gasteiger partial charge in [0.25, 0.3) is 5.91 Å². The number of carbonyl (C=O) groups is 3. The average molecular weight is 409 g/mol. The summed E-state index contributed by atoms with van der Waals surface area (Å²) in [5.74, 6) is -0.270. The zero-order valence-corrected chi connectivity index (χ0v) is 17.2. The van der Waals surface area contributed by atoms with Crippen LogP contribution in [0.4, 0.5) is 11.4 Å². The van der Waals surface area contributed by atoms with E-state index in [4.69, 9.17) is 0 Å². The molecule has 3 amide bonds. The Balaban J connectivity index is 1.44. The van der Waals surface area contributed by atoms with Gasteiger partial charge in [0, 0.05) is 42.5 Å². The second-order valence-corrected chi connectivity index (χ2v) is 7.42. The zero-order chi connectivity index (χ0) is 21.3. The fraction of sp³-hybridized carbons (Fsp3) is 0.348. The molecule has 1 aliphatic rings. The number of hydrogen-bond donors (Lipinski definition) is 3. The minimum atomic E-state index is -0.150. The van der Waals surface area contributed by atoms with Crippen LogP contribution in [0.5, 0.6) is 0 Å². The number of hydrogen-bond acceptors (Lipinski definition) is 4. The zero-order valence-electron chi connectivity index (χ0n) is 17.2. The smallest absolute Gasteiger partial charge is 0.251 e. The quantitative estimate of drug-likeness (QED) is 0.657. The standard InChI is InChI=1S/C23H28N4O3/c1-2-21(28)25-20-10-6-7-17(15-20)23(30)26-19-11-13-27(14-12-19)16-22(29)24-18-8-4-3-5-9-18/h3-10,15,19H,2,11-14,16H2,1H3,(H,24,29)(H,25,28)(H,26,30). The molecule has 0 aromatic heterocycles. The predicted molar refractivity (Wildman–Crippen MR) is 117 cm³/mol. The number of anilines is 2. The number of amides is 3. The predicted octanol–water partition coefficient (Wildman–Crippen LogP) is 2.87. The summed E-state index contributed by atoms with van der Waals surface area (Å²) in [6.07, 6.45) is 1.96. The van der Waals surface area contributed by atoms with Crippen LogP contribution in [-0.4, -0.2) is 48.3 Å². The molecule has 1 aliphatic heterocycles. The number of para-hydroxylation sites is 1. The van der Waals surface area contributed by atoms with Crippen molar-refractivity contribution in [3.05, 3.63) is 60.2 Å². The number of piperidine rings is 1. The number of nitrogens with one attached hydrogen (secondary N) is 3. The Kier molecular flexibility index (Phi) is 7.57. The minimum absolute atomic E-state index is 0.0328. The Morgan fingerprint density at radius 1 is 0.900 bits per heavy atom. The lowest BCUT2D eigenvalue weighted by molar-refractivity contribution is -0.117. The van der Waals surface area contributed by atoms with Crippen molar-refractivity contribution in [2.24, 2.45) is 0 Å². The molecule has 0 radical (unpaired) electrons. The summed E-state index contributed by atoms with van der Waals surface area (Å²) in [5.41, 5.74) is 1.93. The van der Waals surface area contributed by atoms with Crippen molar-refractivity contribution in [3.8, 4) is 0 Å². The van der Waals surface area contributed by atoms with E-state index in [1.807, 2.05) is 30.3 Å².